The molecular formula is C28H34N8O2. The molecule has 0 unspecified atom stereocenters. The summed E-state index contributed by atoms with van der Waals surface area (Å²) in [5.41, 5.74) is 7.10. The fourth-order valence-electron chi connectivity index (χ4n) is 6.49. The van der Waals surface area contributed by atoms with Gasteiger partial charge >= 0.3 is 0 Å². The van der Waals surface area contributed by atoms with Gasteiger partial charge in [0, 0.05) is 68.2 Å². The molecular weight excluding hydrogens is 480 g/mol. The van der Waals surface area contributed by atoms with Gasteiger partial charge in [-0.25, -0.2) is 9.50 Å². The number of pyridine rings is 2. The Balaban J connectivity index is 1.08. The van der Waals surface area contributed by atoms with Crippen LogP contribution in [0, 0.1) is 5.41 Å². The predicted octanol–water partition coefficient (Wildman–Crippen LogP) is 3.61. The smallest absolute Gasteiger partial charge is 0.197 e. The maximum atomic E-state index is 5.57. The Hall–Kier alpha value is -3.50. The van der Waals surface area contributed by atoms with Gasteiger partial charge in [0.2, 0.25) is 0 Å². The quantitative estimate of drug-likeness (QED) is 0.417. The van der Waals surface area contributed by atoms with Crippen LogP contribution in [0.4, 0.5) is 5.69 Å². The van der Waals surface area contributed by atoms with E-state index in [1.165, 1.54) is 37.9 Å². The number of hydrogen-bond donors (Lipinski definition) is 1. The molecule has 1 N–H and O–H groups in total. The van der Waals surface area contributed by atoms with Gasteiger partial charge < -0.3 is 14.4 Å². The van der Waals surface area contributed by atoms with Crippen LogP contribution < -0.4 is 9.64 Å². The van der Waals surface area contributed by atoms with Gasteiger partial charge in [0.05, 0.1) is 30.4 Å². The fourth-order valence-corrected chi connectivity index (χ4v) is 6.49. The van der Waals surface area contributed by atoms with Crippen molar-refractivity contribution in [1.82, 2.24) is 34.7 Å². The first-order chi connectivity index (χ1) is 18.5. The minimum Gasteiger partial charge on any atom is -0.493 e. The number of aromatic nitrogens is 6. The van der Waals surface area contributed by atoms with E-state index in [1.54, 1.807) is 11.6 Å². The molecule has 0 bridgehead atoms. The van der Waals surface area contributed by atoms with Crippen molar-refractivity contribution in [1.29, 1.82) is 0 Å². The molecule has 7 heterocycles. The first-order valence-electron chi connectivity index (χ1n) is 13.5. The maximum absolute atomic E-state index is 5.57. The molecule has 0 aromatic carbocycles. The third-order valence-electron chi connectivity index (χ3n) is 8.42. The van der Waals surface area contributed by atoms with Crippen LogP contribution in [0.3, 0.4) is 0 Å². The molecule has 0 saturated carbocycles. The molecule has 3 saturated heterocycles. The summed E-state index contributed by atoms with van der Waals surface area (Å²) in [6.45, 7) is 10.9. The highest BCUT2D eigenvalue weighted by Crippen LogP contribution is 2.44. The number of ether oxygens (including phenoxy) is 2. The second-order valence-corrected chi connectivity index (χ2v) is 11.3. The van der Waals surface area contributed by atoms with Gasteiger partial charge in [0.15, 0.2) is 11.4 Å². The summed E-state index contributed by atoms with van der Waals surface area (Å²) in [7, 11) is 1.65. The molecule has 7 rings (SSSR count). The topological polar surface area (TPSA) is 96.7 Å². The Morgan fingerprint density at radius 2 is 1.92 bits per heavy atom. The molecule has 3 aliphatic rings. The number of fused-ring (bicyclic) bond motifs is 1. The standard InChI is InChI=1S/C28H34N8O2/c1-18(2)24-25(19-10-23(37-3)27-30-17-31-36(27)12-19)32-33-26(24)22-5-4-21(11-29-22)35-15-28(16-35)13-34(14-28)20-6-8-38-9-7-20/h4-5,10-12,17-18,20H,6-9,13-16H2,1-3H3,(H,32,33). The number of anilines is 1. The highest BCUT2D eigenvalue weighted by molar-refractivity contribution is 5.75. The molecule has 0 aliphatic carbocycles. The van der Waals surface area contributed by atoms with E-state index >= 15 is 0 Å². The van der Waals surface area contributed by atoms with Crippen molar-refractivity contribution in [2.24, 2.45) is 5.41 Å². The summed E-state index contributed by atoms with van der Waals surface area (Å²) in [4.78, 5) is 14.3. The van der Waals surface area contributed by atoms with Crippen LogP contribution >= 0.6 is 0 Å². The Morgan fingerprint density at radius 1 is 1.11 bits per heavy atom. The van der Waals surface area contributed by atoms with Crippen LogP contribution in [-0.2, 0) is 4.74 Å². The molecule has 0 atom stereocenters. The van der Waals surface area contributed by atoms with Gasteiger partial charge in [0.1, 0.15) is 12.0 Å². The maximum Gasteiger partial charge on any atom is 0.197 e. The normalized spacial score (nSPS) is 19.7. The van der Waals surface area contributed by atoms with Crippen LogP contribution in [0.25, 0.3) is 28.3 Å². The van der Waals surface area contributed by atoms with Crippen LogP contribution in [0.5, 0.6) is 5.75 Å². The zero-order chi connectivity index (χ0) is 25.9. The van der Waals surface area contributed by atoms with Crippen LogP contribution in [-0.4, -0.2) is 87.2 Å². The monoisotopic (exact) mass is 514 g/mol. The zero-order valence-corrected chi connectivity index (χ0v) is 22.2. The number of hydrogen-bond acceptors (Lipinski definition) is 8. The number of nitrogens with zero attached hydrogens (tertiary/aromatic N) is 7. The number of methoxy groups -OCH3 is 1. The summed E-state index contributed by atoms with van der Waals surface area (Å²) in [5, 5.41) is 12.3. The first-order valence-corrected chi connectivity index (χ1v) is 13.5. The van der Waals surface area contributed by atoms with Crippen LogP contribution in [0.15, 0.2) is 36.9 Å². The molecule has 10 heteroatoms. The molecule has 1 spiro atoms. The van der Waals surface area contributed by atoms with Gasteiger partial charge in [-0.05, 0) is 37.0 Å². The van der Waals surface area contributed by atoms with E-state index in [2.05, 4.69) is 51.0 Å². The number of H-pyrrole nitrogens is 1. The van der Waals surface area contributed by atoms with Crippen molar-refractivity contribution in [2.45, 2.75) is 38.6 Å². The molecule has 0 radical (unpaired) electrons. The molecule has 4 aromatic heterocycles. The molecule has 3 aliphatic heterocycles. The molecule has 38 heavy (non-hydrogen) atoms. The highest BCUT2D eigenvalue weighted by atomic mass is 16.5. The number of rotatable bonds is 6. The van der Waals surface area contributed by atoms with Crippen molar-refractivity contribution in [2.75, 3.05) is 51.4 Å². The van der Waals surface area contributed by atoms with E-state index in [-0.39, 0.29) is 5.92 Å². The number of aromatic amines is 1. The largest absolute Gasteiger partial charge is 0.493 e. The number of likely N-dealkylation sites (tertiary alicyclic amines) is 1. The van der Waals surface area contributed by atoms with Crippen LogP contribution in [0.2, 0.25) is 0 Å². The first kappa shape index (κ1) is 23.6. The van der Waals surface area contributed by atoms with Crippen molar-refractivity contribution < 1.29 is 9.47 Å². The third kappa shape index (κ3) is 3.85. The minimum atomic E-state index is 0.241. The molecule has 198 valence electrons. The Morgan fingerprint density at radius 3 is 2.63 bits per heavy atom. The van der Waals surface area contributed by atoms with Crippen molar-refractivity contribution in [3.63, 3.8) is 0 Å². The third-order valence-corrected chi connectivity index (χ3v) is 8.42. The van der Waals surface area contributed by atoms with Gasteiger partial charge in [-0.2, -0.15) is 10.2 Å². The zero-order valence-electron chi connectivity index (χ0n) is 22.2. The van der Waals surface area contributed by atoms with E-state index in [1.807, 2.05) is 18.5 Å². The Labute approximate surface area is 222 Å². The van der Waals surface area contributed by atoms with Gasteiger partial charge in [-0.3, -0.25) is 15.0 Å². The summed E-state index contributed by atoms with van der Waals surface area (Å²) in [6.07, 6.45) is 7.85. The van der Waals surface area contributed by atoms with Gasteiger partial charge in [0.25, 0.3) is 0 Å². The van der Waals surface area contributed by atoms with Crippen molar-refractivity contribution in [3.05, 3.63) is 42.5 Å². The lowest BCUT2D eigenvalue weighted by Gasteiger charge is -2.63. The lowest BCUT2D eigenvalue weighted by Crippen LogP contribution is -2.74. The van der Waals surface area contributed by atoms with E-state index in [9.17, 15) is 0 Å². The van der Waals surface area contributed by atoms with Crippen LogP contribution in [0.1, 0.15) is 38.2 Å². The van der Waals surface area contributed by atoms with Gasteiger partial charge in [-0.1, -0.05) is 13.8 Å². The average Bonchev–Trinajstić information content (AvgIpc) is 3.55. The molecule has 3 fully saturated rings. The minimum absolute atomic E-state index is 0.241. The van der Waals surface area contributed by atoms with E-state index in [0.717, 1.165) is 60.6 Å². The summed E-state index contributed by atoms with van der Waals surface area (Å²) in [5.74, 6) is 0.910. The van der Waals surface area contributed by atoms with Crippen molar-refractivity contribution >= 4 is 11.3 Å². The molecule has 10 nitrogen and oxygen atoms in total. The summed E-state index contributed by atoms with van der Waals surface area (Å²) < 4.78 is 12.8. The Kier molecular flexibility index (Phi) is 5.63. The lowest BCUT2D eigenvalue weighted by molar-refractivity contribution is -0.0771. The second kappa shape index (κ2) is 9.06. The highest BCUT2D eigenvalue weighted by Gasteiger charge is 2.53. The molecule has 4 aromatic rings. The van der Waals surface area contributed by atoms with E-state index in [4.69, 9.17) is 19.6 Å². The number of nitrogens with one attached hydrogen (secondary N) is 1. The average molecular weight is 515 g/mol. The van der Waals surface area contributed by atoms with Crippen molar-refractivity contribution in [3.8, 4) is 28.4 Å². The summed E-state index contributed by atoms with van der Waals surface area (Å²) in [6, 6.07) is 6.99. The van der Waals surface area contributed by atoms with E-state index < -0.39 is 0 Å². The molecule has 0 amide bonds. The lowest BCUT2D eigenvalue weighted by atomic mass is 9.71. The Bertz CT molecular complexity index is 1440. The predicted molar refractivity (Wildman–Crippen MR) is 145 cm³/mol. The van der Waals surface area contributed by atoms with E-state index in [0.29, 0.717) is 16.8 Å². The fraction of sp³-hybridized carbons (Fsp3) is 0.500. The summed E-state index contributed by atoms with van der Waals surface area (Å²) >= 11 is 0. The van der Waals surface area contributed by atoms with Gasteiger partial charge in [-0.15, -0.1) is 0 Å². The second-order valence-electron chi connectivity index (χ2n) is 11.3. The SMILES string of the molecule is COc1cc(-c2[nH]nc(-c3ccc(N4CC5(C4)CN(C4CCOCC4)C5)cn3)c2C(C)C)cn2ncnc12.